The van der Waals surface area contributed by atoms with Crippen LogP contribution in [0.4, 0.5) is 5.69 Å². The maximum absolute atomic E-state index is 12.1. The average Bonchev–Trinajstić information content (AvgIpc) is 2.65. The molecule has 0 radical (unpaired) electrons. The molecule has 6 heteroatoms. The van der Waals surface area contributed by atoms with Crippen molar-refractivity contribution in [1.29, 1.82) is 0 Å². The lowest BCUT2D eigenvalue weighted by Gasteiger charge is -2.13. The van der Waals surface area contributed by atoms with E-state index in [2.05, 4.69) is 5.32 Å². The van der Waals surface area contributed by atoms with Crippen LogP contribution in [0, 0.1) is 0 Å². The van der Waals surface area contributed by atoms with Crippen molar-refractivity contribution in [3.05, 3.63) is 59.7 Å². The first kappa shape index (κ1) is 20.0. The van der Waals surface area contributed by atoms with Gasteiger partial charge in [0.1, 0.15) is 17.6 Å². The van der Waals surface area contributed by atoms with Crippen LogP contribution in [-0.2, 0) is 14.3 Å². The fraction of sp³-hybridized carbons (Fsp3) is 0.238. The molecule has 2 aromatic rings. The first-order chi connectivity index (χ1) is 12.9. The first-order valence-corrected chi connectivity index (χ1v) is 8.40. The number of hydrogen-bond acceptors (Lipinski definition) is 5. The van der Waals surface area contributed by atoms with E-state index in [4.69, 9.17) is 14.2 Å². The molecule has 27 heavy (non-hydrogen) atoms. The average molecular weight is 369 g/mol. The van der Waals surface area contributed by atoms with Crippen LogP contribution >= 0.6 is 0 Å². The smallest absolute Gasteiger partial charge is 0.331 e. The van der Waals surface area contributed by atoms with Gasteiger partial charge in [0.05, 0.1) is 14.2 Å². The van der Waals surface area contributed by atoms with E-state index in [1.165, 1.54) is 13.0 Å². The minimum Gasteiger partial charge on any atom is -0.497 e. The van der Waals surface area contributed by atoms with E-state index in [-0.39, 0.29) is 5.91 Å². The summed E-state index contributed by atoms with van der Waals surface area (Å²) >= 11 is 0. The maximum Gasteiger partial charge on any atom is 0.331 e. The van der Waals surface area contributed by atoms with Gasteiger partial charge in [0, 0.05) is 24.8 Å². The molecule has 2 rings (SSSR count). The molecule has 0 saturated carbocycles. The van der Waals surface area contributed by atoms with Gasteiger partial charge in [-0.05, 0) is 48.4 Å². The largest absolute Gasteiger partial charge is 0.497 e. The monoisotopic (exact) mass is 369 g/mol. The van der Waals surface area contributed by atoms with Crippen molar-refractivity contribution in [2.45, 2.75) is 20.0 Å². The summed E-state index contributed by atoms with van der Waals surface area (Å²) in [5.41, 5.74) is 2.19. The minimum atomic E-state index is -0.478. The molecule has 1 atom stereocenters. The summed E-state index contributed by atoms with van der Waals surface area (Å²) in [4.78, 5) is 23.3. The van der Waals surface area contributed by atoms with Crippen molar-refractivity contribution in [2.75, 3.05) is 19.5 Å². The number of esters is 1. The van der Waals surface area contributed by atoms with Gasteiger partial charge >= 0.3 is 5.97 Å². The number of methoxy groups -OCH3 is 2. The van der Waals surface area contributed by atoms with Crippen molar-refractivity contribution in [3.63, 3.8) is 0 Å². The van der Waals surface area contributed by atoms with Crippen LogP contribution < -0.4 is 14.8 Å². The van der Waals surface area contributed by atoms with Crippen molar-refractivity contribution in [1.82, 2.24) is 0 Å². The molecule has 0 fully saturated rings. The van der Waals surface area contributed by atoms with E-state index in [1.807, 2.05) is 6.07 Å². The Kier molecular flexibility index (Phi) is 7.00. The highest BCUT2D eigenvalue weighted by Crippen LogP contribution is 2.24. The predicted molar refractivity (Wildman–Crippen MR) is 104 cm³/mol. The molecule has 0 aliphatic carbocycles. The Balaban J connectivity index is 2.04. The maximum atomic E-state index is 12.1. The standard InChI is InChI=1S/C21H23NO5/c1-14(17-6-5-7-18(12-17)22-15(2)23)27-21(24)9-8-16-10-19(25-3)13-20(11-16)26-4/h5-14H,1-4H3,(H,22,23)/b9-8+/t14-/m1/s1. The molecule has 0 aliphatic rings. The summed E-state index contributed by atoms with van der Waals surface area (Å²) in [6.07, 6.45) is 2.52. The number of carbonyl (C=O) groups is 2. The zero-order valence-corrected chi connectivity index (χ0v) is 15.8. The molecule has 142 valence electrons. The van der Waals surface area contributed by atoms with Gasteiger partial charge in [0.2, 0.25) is 5.91 Å². The molecule has 1 amide bonds. The van der Waals surface area contributed by atoms with Crippen molar-refractivity contribution < 1.29 is 23.8 Å². The Morgan fingerprint density at radius 1 is 1.04 bits per heavy atom. The number of ether oxygens (including phenoxy) is 3. The summed E-state index contributed by atoms with van der Waals surface area (Å²) in [7, 11) is 3.13. The molecule has 0 heterocycles. The highest BCUT2D eigenvalue weighted by atomic mass is 16.5. The normalized spacial score (nSPS) is 11.7. The van der Waals surface area contributed by atoms with Crippen LogP contribution in [0.25, 0.3) is 6.08 Å². The fourth-order valence-corrected chi connectivity index (χ4v) is 2.44. The Morgan fingerprint density at radius 3 is 2.30 bits per heavy atom. The predicted octanol–water partition coefficient (Wildman–Crippen LogP) is 3.98. The van der Waals surface area contributed by atoms with Gasteiger partial charge in [-0.15, -0.1) is 0 Å². The molecule has 0 spiro atoms. The number of carbonyl (C=O) groups excluding carboxylic acids is 2. The van der Waals surface area contributed by atoms with Gasteiger partial charge < -0.3 is 19.5 Å². The van der Waals surface area contributed by atoms with Gasteiger partial charge in [0.25, 0.3) is 0 Å². The molecule has 0 aliphatic heterocycles. The Bertz CT molecular complexity index is 822. The Morgan fingerprint density at radius 2 is 1.70 bits per heavy atom. The molecule has 6 nitrogen and oxygen atoms in total. The number of anilines is 1. The number of amides is 1. The number of nitrogens with one attached hydrogen (secondary N) is 1. The molecule has 2 aromatic carbocycles. The van der Waals surface area contributed by atoms with Gasteiger partial charge in [-0.2, -0.15) is 0 Å². The lowest BCUT2D eigenvalue weighted by molar-refractivity contribution is -0.142. The zero-order valence-electron chi connectivity index (χ0n) is 15.8. The Hall–Kier alpha value is -3.28. The second-order valence-electron chi connectivity index (χ2n) is 5.87. The number of hydrogen-bond donors (Lipinski definition) is 1. The topological polar surface area (TPSA) is 73.9 Å². The van der Waals surface area contributed by atoms with E-state index in [9.17, 15) is 9.59 Å². The second kappa shape index (κ2) is 9.43. The highest BCUT2D eigenvalue weighted by molar-refractivity contribution is 5.89. The lowest BCUT2D eigenvalue weighted by Crippen LogP contribution is -2.08. The third-order valence-corrected chi connectivity index (χ3v) is 3.75. The molecule has 0 unspecified atom stereocenters. The van der Waals surface area contributed by atoms with Crippen molar-refractivity contribution >= 4 is 23.6 Å². The molecule has 0 saturated heterocycles. The minimum absolute atomic E-state index is 0.159. The van der Waals surface area contributed by atoms with Crippen LogP contribution in [0.15, 0.2) is 48.5 Å². The van der Waals surface area contributed by atoms with Gasteiger partial charge in [-0.3, -0.25) is 4.79 Å². The summed E-state index contributed by atoms with van der Waals surface area (Å²) in [5, 5.41) is 2.70. The second-order valence-corrected chi connectivity index (χ2v) is 5.87. The number of rotatable bonds is 7. The third-order valence-electron chi connectivity index (χ3n) is 3.75. The van der Waals surface area contributed by atoms with Gasteiger partial charge in [-0.1, -0.05) is 12.1 Å². The van der Waals surface area contributed by atoms with E-state index in [0.29, 0.717) is 17.2 Å². The summed E-state index contributed by atoms with van der Waals surface area (Å²) < 4.78 is 15.8. The van der Waals surface area contributed by atoms with Crippen LogP contribution in [0.3, 0.4) is 0 Å². The van der Waals surface area contributed by atoms with E-state index in [1.54, 1.807) is 63.6 Å². The first-order valence-electron chi connectivity index (χ1n) is 8.40. The molecule has 0 aromatic heterocycles. The fourth-order valence-electron chi connectivity index (χ4n) is 2.44. The van der Waals surface area contributed by atoms with E-state index < -0.39 is 12.1 Å². The molecular weight excluding hydrogens is 346 g/mol. The van der Waals surface area contributed by atoms with Gasteiger partial charge in [-0.25, -0.2) is 4.79 Å². The molecule has 0 bridgehead atoms. The SMILES string of the molecule is COc1cc(/C=C/C(=O)O[C@H](C)c2cccc(NC(C)=O)c2)cc(OC)c1. The van der Waals surface area contributed by atoms with Gasteiger partial charge in [0.15, 0.2) is 0 Å². The van der Waals surface area contributed by atoms with E-state index >= 15 is 0 Å². The molecule has 1 N–H and O–H groups in total. The van der Waals surface area contributed by atoms with Crippen LogP contribution in [0.5, 0.6) is 11.5 Å². The summed E-state index contributed by atoms with van der Waals surface area (Å²) in [6, 6.07) is 12.5. The van der Waals surface area contributed by atoms with E-state index in [0.717, 1.165) is 11.1 Å². The zero-order chi connectivity index (χ0) is 19.8. The van der Waals surface area contributed by atoms with Crippen molar-refractivity contribution in [3.8, 4) is 11.5 Å². The van der Waals surface area contributed by atoms with Crippen LogP contribution in [0.2, 0.25) is 0 Å². The van der Waals surface area contributed by atoms with Crippen LogP contribution in [0.1, 0.15) is 31.1 Å². The number of benzene rings is 2. The lowest BCUT2D eigenvalue weighted by atomic mass is 10.1. The molecular formula is C21H23NO5. The highest BCUT2D eigenvalue weighted by Gasteiger charge is 2.11. The van der Waals surface area contributed by atoms with Crippen molar-refractivity contribution in [2.24, 2.45) is 0 Å². The third kappa shape index (κ3) is 6.18. The summed E-state index contributed by atoms with van der Waals surface area (Å²) in [6.45, 7) is 3.21. The quantitative estimate of drug-likeness (QED) is 0.590. The Labute approximate surface area is 158 Å². The van der Waals surface area contributed by atoms with Crippen LogP contribution in [-0.4, -0.2) is 26.1 Å². The summed E-state index contributed by atoms with van der Waals surface area (Å²) in [5.74, 6) is 0.624.